The third-order valence-corrected chi connectivity index (χ3v) is 4.28. The van der Waals surface area contributed by atoms with Crippen molar-refractivity contribution in [3.05, 3.63) is 58.9 Å². The van der Waals surface area contributed by atoms with Gasteiger partial charge in [-0.1, -0.05) is 24.3 Å². The first-order chi connectivity index (χ1) is 10.8. The average molecular weight is 313 g/mol. The van der Waals surface area contributed by atoms with Crippen molar-refractivity contribution in [1.82, 2.24) is 20.0 Å². The maximum Gasteiger partial charge on any atom is 0.193 e. The van der Waals surface area contributed by atoms with Crippen LogP contribution in [0.1, 0.15) is 16.8 Å². The molecule has 0 unspecified atom stereocenters. The molecule has 0 fully saturated rings. The molecular weight excluding hydrogens is 294 g/mol. The zero-order chi connectivity index (χ0) is 15.4. The smallest absolute Gasteiger partial charge is 0.193 e. The van der Waals surface area contributed by atoms with Gasteiger partial charge in [0.15, 0.2) is 10.9 Å². The SMILES string of the molecule is CN=C(NCc1cn2ccsc2n1)NCc1ccccc1C. The van der Waals surface area contributed by atoms with Crippen LogP contribution in [0.25, 0.3) is 4.96 Å². The molecule has 114 valence electrons. The van der Waals surface area contributed by atoms with E-state index in [4.69, 9.17) is 0 Å². The molecule has 1 aromatic carbocycles. The first kappa shape index (κ1) is 14.6. The van der Waals surface area contributed by atoms with Gasteiger partial charge in [0, 0.05) is 31.4 Å². The molecule has 22 heavy (non-hydrogen) atoms. The highest BCUT2D eigenvalue weighted by Gasteiger charge is 2.04. The molecule has 0 saturated carbocycles. The minimum absolute atomic E-state index is 0.655. The monoisotopic (exact) mass is 313 g/mol. The van der Waals surface area contributed by atoms with Gasteiger partial charge in [-0.2, -0.15) is 0 Å². The van der Waals surface area contributed by atoms with Gasteiger partial charge < -0.3 is 10.6 Å². The van der Waals surface area contributed by atoms with Crippen LogP contribution in [-0.4, -0.2) is 22.4 Å². The van der Waals surface area contributed by atoms with Crippen LogP contribution in [0.15, 0.2) is 47.0 Å². The van der Waals surface area contributed by atoms with Crippen molar-refractivity contribution in [2.75, 3.05) is 7.05 Å². The number of hydrogen-bond acceptors (Lipinski definition) is 3. The Morgan fingerprint density at radius 3 is 2.86 bits per heavy atom. The number of nitrogens with zero attached hydrogens (tertiary/aromatic N) is 3. The molecule has 0 spiro atoms. The molecule has 6 heteroatoms. The number of fused-ring (bicyclic) bond motifs is 1. The predicted molar refractivity (Wildman–Crippen MR) is 91.3 cm³/mol. The Hall–Kier alpha value is -2.34. The van der Waals surface area contributed by atoms with Gasteiger partial charge in [0.1, 0.15) is 0 Å². The number of nitrogens with one attached hydrogen (secondary N) is 2. The van der Waals surface area contributed by atoms with E-state index in [1.807, 2.05) is 22.2 Å². The van der Waals surface area contributed by atoms with Crippen LogP contribution in [0.3, 0.4) is 0 Å². The number of imidazole rings is 1. The third-order valence-electron chi connectivity index (χ3n) is 3.51. The predicted octanol–water partition coefficient (Wildman–Crippen LogP) is 2.57. The number of rotatable bonds is 4. The van der Waals surface area contributed by atoms with Gasteiger partial charge in [0.25, 0.3) is 0 Å². The summed E-state index contributed by atoms with van der Waals surface area (Å²) in [5, 5.41) is 8.66. The molecule has 3 aromatic rings. The van der Waals surface area contributed by atoms with Crippen molar-refractivity contribution < 1.29 is 0 Å². The summed E-state index contributed by atoms with van der Waals surface area (Å²) in [5.41, 5.74) is 3.55. The lowest BCUT2D eigenvalue weighted by Crippen LogP contribution is -2.36. The maximum absolute atomic E-state index is 4.55. The first-order valence-corrected chi connectivity index (χ1v) is 8.04. The lowest BCUT2D eigenvalue weighted by Gasteiger charge is -2.12. The molecule has 2 N–H and O–H groups in total. The van der Waals surface area contributed by atoms with Crippen molar-refractivity contribution in [2.45, 2.75) is 20.0 Å². The van der Waals surface area contributed by atoms with Crippen LogP contribution in [0, 0.1) is 6.92 Å². The molecule has 3 rings (SSSR count). The molecule has 0 aliphatic rings. The van der Waals surface area contributed by atoms with E-state index < -0.39 is 0 Å². The summed E-state index contributed by atoms with van der Waals surface area (Å²) in [6.07, 6.45) is 4.05. The van der Waals surface area contributed by atoms with Crippen molar-refractivity contribution in [1.29, 1.82) is 0 Å². The van der Waals surface area contributed by atoms with Crippen LogP contribution in [0.5, 0.6) is 0 Å². The Kier molecular flexibility index (Phi) is 4.39. The van der Waals surface area contributed by atoms with E-state index >= 15 is 0 Å². The largest absolute Gasteiger partial charge is 0.352 e. The number of aliphatic imine (C=N–C) groups is 1. The summed E-state index contributed by atoms with van der Waals surface area (Å²) >= 11 is 1.64. The summed E-state index contributed by atoms with van der Waals surface area (Å²) in [6, 6.07) is 8.35. The van der Waals surface area contributed by atoms with Crippen LogP contribution in [0.4, 0.5) is 0 Å². The number of aromatic nitrogens is 2. The minimum Gasteiger partial charge on any atom is -0.352 e. The molecule has 0 saturated heterocycles. The zero-order valence-electron chi connectivity index (χ0n) is 12.7. The maximum atomic E-state index is 4.55. The Bertz CT molecular complexity index is 758. The van der Waals surface area contributed by atoms with Gasteiger partial charge in [-0.05, 0) is 18.1 Å². The van der Waals surface area contributed by atoms with Crippen molar-refractivity contribution >= 4 is 22.3 Å². The van der Waals surface area contributed by atoms with Gasteiger partial charge in [-0.15, -0.1) is 11.3 Å². The molecule has 0 radical (unpaired) electrons. The normalized spacial score (nSPS) is 11.8. The fourth-order valence-electron chi connectivity index (χ4n) is 2.24. The minimum atomic E-state index is 0.655. The molecule has 0 amide bonds. The second kappa shape index (κ2) is 6.62. The summed E-state index contributed by atoms with van der Waals surface area (Å²) in [4.78, 5) is 9.81. The quantitative estimate of drug-likeness (QED) is 0.575. The highest BCUT2D eigenvalue weighted by molar-refractivity contribution is 7.15. The zero-order valence-corrected chi connectivity index (χ0v) is 13.5. The fourth-order valence-corrected chi connectivity index (χ4v) is 2.96. The van der Waals surface area contributed by atoms with E-state index in [1.54, 1.807) is 18.4 Å². The second-order valence-electron chi connectivity index (χ2n) is 5.03. The Labute approximate surface area is 133 Å². The summed E-state index contributed by atoms with van der Waals surface area (Å²) in [6.45, 7) is 3.53. The lowest BCUT2D eigenvalue weighted by molar-refractivity contribution is 0.796. The van der Waals surface area contributed by atoms with Crippen molar-refractivity contribution in [3.63, 3.8) is 0 Å². The molecule has 0 bridgehead atoms. The third kappa shape index (κ3) is 3.28. The standard InChI is InChI=1S/C16H19N5S/c1-12-5-3-4-6-13(12)9-18-15(17-2)19-10-14-11-21-7-8-22-16(21)20-14/h3-8,11H,9-10H2,1-2H3,(H2,17,18,19). The number of aryl methyl sites for hydroxylation is 1. The highest BCUT2D eigenvalue weighted by atomic mass is 32.1. The average Bonchev–Trinajstić information content (AvgIpc) is 3.10. The van der Waals surface area contributed by atoms with Gasteiger partial charge in [0.05, 0.1) is 12.2 Å². The number of benzene rings is 1. The molecular formula is C16H19N5S. The van der Waals surface area contributed by atoms with Gasteiger partial charge in [-0.3, -0.25) is 9.39 Å². The first-order valence-electron chi connectivity index (χ1n) is 7.16. The Balaban J connectivity index is 1.56. The van der Waals surface area contributed by atoms with E-state index in [9.17, 15) is 0 Å². The number of thiazole rings is 1. The van der Waals surface area contributed by atoms with E-state index in [1.165, 1.54) is 11.1 Å². The van der Waals surface area contributed by atoms with E-state index in [-0.39, 0.29) is 0 Å². The lowest BCUT2D eigenvalue weighted by atomic mass is 10.1. The van der Waals surface area contributed by atoms with Gasteiger partial charge in [-0.25, -0.2) is 4.98 Å². The van der Waals surface area contributed by atoms with Gasteiger partial charge in [0.2, 0.25) is 0 Å². The molecule has 2 aromatic heterocycles. The summed E-state index contributed by atoms with van der Waals surface area (Å²) in [7, 11) is 1.78. The van der Waals surface area contributed by atoms with Crippen LogP contribution >= 0.6 is 11.3 Å². The Morgan fingerprint density at radius 2 is 2.09 bits per heavy atom. The van der Waals surface area contributed by atoms with Crippen molar-refractivity contribution in [2.24, 2.45) is 4.99 Å². The molecule has 2 heterocycles. The van der Waals surface area contributed by atoms with Crippen LogP contribution in [-0.2, 0) is 13.1 Å². The van der Waals surface area contributed by atoms with E-state index in [2.05, 4.69) is 51.8 Å². The molecule has 0 aliphatic carbocycles. The highest BCUT2D eigenvalue weighted by Crippen LogP contribution is 2.11. The fraction of sp³-hybridized carbons (Fsp3) is 0.250. The van der Waals surface area contributed by atoms with E-state index in [0.717, 1.165) is 23.2 Å². The van der Waals surface area contributed by atoms with Crippen LogP contribution in [0.2, 0.25) is 0 Å². The second-order valence-corrected chi connectivity index (χ2v) is 5.90. The molecule has 5 nitrogen and oxygen atoms in total. The molecule has 0 atom stereocenters. The van der Waals surface area contributed by atoms with Crippen LogP contribution < -0.4 is 10.6 Å². The van der Waals surface area contributed by atoms with Gasteiger partial charge >= 0.3 is 0 Å². The number of hydrogen-bond donors (Lipinski definition) is 2. The summed E-state index contributed by atoms with van der Waals surface area (Å²) in [5.74, 6) is 0.777. The van der Waals surface area contributed by atoms with Crippen molar-refractivity contribution in [3.8, 4) is 0 Å². The topological polar surface area (TPSA) is 53.7 Å². The number of guanidine groups is 1. The van der Waals surface area contributed by atoms with E-state index in [0.29, 0.717) is 6.54 Å². The Morgan fingerprint density at radius 1 is 1.27 bits per heavy atom. The summed E-state index contributed by atoms with van der Waals surface area (Å²) < 4.78 is 2.03. The molecule has 0 aliphatic heterocycles.